The van der Waals surface area contributed by atoms with Gasteiger partial charge in [0.2, 0.25) is 0 Å². The van der Waals surface area contributed by atoms with E-state index in [0.717, 1.165) is 18.8 Å². The number of hydrogen-bond acceptors (Lipinski definition) is 3. The summed E-state index contributed by atoms with van der Waals surface area (Å²) in [6.07, 6.45) is 0. The monoisotopic (exact) mass is 302 g/mol. The van der Waals surface area contributed by atoms with Gasteiger partial charge in [-0.2, -0.15) is 0 Å². The average Bonchev–Trinajstić information content (AvgIpc) is 2.62. The highest BCUT2D eigenvalue weighted by Gasteiger charge is 2.11. The lowest BCUT2D eigenvalue weighted by molar-refractivity contribution is 0.317. The number of nitrogens with two attached hydrogens (primary N) is 1. The summed E-state index contributed by atoms with van der Waals surface area (Å²) in [7, 11) is 0. The van der Waals surface area contributed by atoms with Crippen LogP contribution in [0.2, 0.25) is 0 Å². The van der Waals surface area contributed by atoms with Gasteiger partial charge >= 0.3 is 0 Å². The summed E-state index contributed by atoms with van der Waals surface area (Å²) in [5.74, 6) is 0.468. The Morgan fingerprint density at radius 2 is 2.25 bits per heavy atom. The lowest BCUT2D eigenvalue weighted by Crippen LogP contribution is -2.29. The van der Waals surface area contributed by atoms with Crippen LogP contribution in [0.5, 0.6) is 0 Å². The van der Waals surface area contributed by atoms with Gasteiger partial charge in [0, 0.05) is 23.7 Å². The van der Waals surface area contributed by atoms with Crippen LogP contribution in [0.25, 0.3) is 0 Å². The maximum atomic E-state index is 5.64. The molecule has 1 heterocycles. The Morgan fingerprint density at radius 1 is 1.56 bits per heavy atom. The van der Waals surface area contributed by atoms with E-state index in [1.165, 1.54) is 8.66 Å². The summed E-state index contributed by atoms with van der Waals surface area (Å²) >= 11 is 5.24. The Kier molecular flexibility index (Phi) is 5.52. The number of thiophene rings is 1. The van der Waals surface area contributed by atoms with E-state index in [9.17, 15) is 0 Å². The van der Waals surface area contributed by atoms with E-state index in [-0.39, 0.29) is 0 Å². The van der Waals surface area contributed by atoms with Crippen molar-refractivity contribution in [3.05, 3.63) is 33.1 Å². The molecule has 2 nitrogen and oxygen atoms in total. The first-order valence-electron chi connectivity index (χ1n) is 5.42. The van der Waals surface area contributed by atoms with Crippen molar-refractivity contribution in [3.8, 4) is 0 Å². The van der Waals surface area contributed by atoms with Crippen molar-refractivity contribution in [3.63, 3.8) is 0 Å². The van der Waals surface area contributed by atoms with Crippen LogP contribution in [-0.4, -0.2) is 18.0 Å². The standard InChI is InChI=1S/C12H19BrN2S/c1-9(2)10(3)15(7-6-14)8-11-4-5-12(13)16-11/h4-5,9H,3,6-8,14H2,1-2H3. The van der Waals surface area contributed by atoms with Gasteiger partial charge in [-0.25, -0.2) is 0 Å². The zero-order valence-electron chi connectivity index (χ0n) is 9.87. The van der Waals surface area contributed by atoms with Crippen LogP contribution in [-0.2, 0) is 6.54 Å². The molecule has 1 aromatic heterocycles. The van der Waals surface area contributed by atoms with E-state index in [1.807, 2.05) is 0 Å². The second kappa shape index (κ2) is 6.42. The molecule has 0 aromatic carbocycles. The Hall–Kier alpha value is -0.320. The smallest absolute Gasteiger partial charge is 0.0702 e. The first kappa shape index (κ1) is 13.7. The molecular weight excluding hydrogens is 284 g/mol. The molecule has 1 aromatic rings. The number of nitrogens with zero attached hydrogens (tertiary/aromatic N) is 1. The van der Waals surface area contributed by atoms with Crippen LogP contribution in [0, 0.1) is 5.92 Å². The van der Waals surface area contributed by atoms with E-state index in [1.54, 1.807) is 11.3 Å². The highest BCUT2D eigenvalue weighted by molar-refractivity contribution is 9.11. The molecule has 0 bridgehead atoms. The average molecular weight is 303 g/mol. The van der Waals surface area contributed by atoms with Crippen molar-refractivity contribution in [2.75, 3.05) is 13.1 Å². The van der Waals surface area contributed by atoms with Crippen molar-refractivity contribution >= 4 is 27.3 Å². The van der Waals surface area contributed by atoms with Crippen LogP contribution in [0.15, 0.2) is 28.2 Å². The highest BCUT2D eigenvalue weighted by Crippen LogP contribution is 2.25. The molecular formula is C12H19BrN2S. The van der Waals surface area contributed by atoms with Gasteiger partial charge in [0.1, 0.15) is 0 Å². The maximum Gasteiger partial charge on any atom is 0.0702 e. The van der Waals surface area contributed by atoms with Gasteiger partial charge in [-0.1, -0.05) is 20.4 Å². The zero-order valence-corrected chi connectivity index (χ0v) is 12.3. The molecule has 2 N–H and O–H groups in total. The molecule has 0 saturated heterocycles. The third-order valence-corrected chi connectivity index (χ3v) is 4.06. The third-order valence-electron chi connectivity index (χ3n) is 2.45. The quantitative estimate of drug-likeness (QED) is 0.872. The van der Waals surface area contributed by atoms with E-state index in [4.69, 9.17) is 5.73 Å². The summed E-state index contributed by atoms with van der Waals surface area (Å²) in [5.41, 5.74) is 6.80. The van der Waals surface area contributed by atoms with Crippen molar-refractivity contribution < 1.29 is 0 Å². The third kappa shape index (κ3) is 3.92. The molecule has 1 rings (SSSR count). The SMILES string of the molecule is C=C(C(C)C)N(CCN)Cc1ccc(Br)s1. The van der Waals surface area contributed by atoms with Gasteiger partial charge in [0.25, 0.3) is 0 Å². The Morgan fingerprint density at radius 3 is 2.69 bits per heavy atom. The summed E-state index contributed by atoms with van der Waals surface area (Å²) in [6, 6.07) is 4.23. The molecule has 0 aliphatic heterocycles. The minimum absolute atomic E-state index is 0.468. The molecule has 0 spiro atoms. The van der Waals surface area contributed by atoms with Crippen LogP contribution in [0.4, 0.5) is 0 Å². The van der Waals surface area contributed by atoms with E-state index >= 15 is 0 Å². The van der Waals surface area contributed by atoms with Crippen LogP contribution in [0.1, 0.15) is 18.7 Å². The molecule has 90 valence electrons. The van der Waals surface area contributed by atoms with Crippen molar-refractivity contribution in [2.24, 2.45) is 11.7 Å². The summed E-state index contributed by atoms with van der Waals surface area (Å²) in [6.45, 7) is 10.9. The van der Waals surface area contributed by atoms with Gasteiger partial charge in [-0.15, -0.1) is 11.3 Å². The molecule has 16 heavy (non-hydrogen) atoms. The van der Waals surface area contributed by atoms with Gasteiger partial charge in [-0.3, -0.25) is 0 Å². The predicted octanol–water partition coefficient (Wildman–Crippen LogP) is 3.44. The summed E-state index contributed by atoms with van der Waals surface area (Å²) in [5, 5.41) is 0. The minimum atomic E-state index is 0.468. The fraction of sp³-hybridized carbons (Fsp3) is 0.500. The normalized spacial score (nSPS) is 10.8. The number of halogens is 1. The first-order valence-corrected chi connectivity index (χ1v) is 7.03. The molecule has 0 saturated carbocycles. The molecule has 0 unspecified atom stereocenters. The zero-order chi connectivity index (χ0) is 12.1. The topological polar surface area (TPSA) is 29.3 Å². The molecule has 0 atom stereocenters. The van der Waals surface area contributed by atoms with Gasteiger partial charge in [0.05, 0.1) is 10.3 Å². The molecule has 0 fully saturated rings. The van der Waals surface area contributed by atoms with Crippen molar-refractivity contribution in [1.82, 2.24) is 4.90 Å². The highest BCUT2D eigenvalue weighted by atomic mass is 79.9. The van der Waals surface area contributed by atoms with Crippen LogP contribution >= 0.6 is 27.3 Å². The van der Waals surface area contributed by atoms with Gasteiger partial charge in [-0.05, 0) is 34.0 Å². The van der Waals surface area contributed by atoms with E-state index in [0.29, 0.717) is 12.5 Å². The number of rotatable bonds is 6. The molecule has 4 heteroatoms. The van der Waals surface area contributed by atoms with Gasteiger partial charge in [0.15, 0.2) is 0 Å². The fourth-order valence-corrected chi connectivity index (χ4v) is 2.97. The number of hydrogen-bond donors (Lipinski definition) is 1. The fourth-order valence-electron chi connectivity index (χ4n) is 1.47. The largest absolute Gasteiger partial charge is 0.369 e. The number of allylic oxidation sites excluding steroid dienone is 1. The lowest BCUT2D eigenvalue weighted by atomic mass is 10.1. The Balaban J connectivity index is 2.67. The summed E-state index contributed by atoms with van der Waals surface area (Å²) in [4.78, 5) is 3.60. The molecule has 0 aliphatic carbocycles. The minimum Gasteiger partial charge on any atom is -0.369 e. The van der Waals surface area contributed by atoms with Crippen molar-refractivity contribution in [1.29, 1.82) is 0 Å². The van der Waals surface area contributed by atoms with Crippen molar-refractivity contribution in [2.45, 2.75) is 20.4 Å². The second-order valence-corrected chi connectivity index (χ2v) is 6.61. The Bertz CT molecular complexity index is 347. The molecule has 0 amide bonds. The van der Waals surface area contributed by atoms with E-state index in [2.05, 4.69) is 53.4 Å². The predicted molar refractivity (Wildman–Crippen MR) is 75.5 cm³/mol. The summed E-state index contributed by atoms with van der Waals surface area (Å²) < 4.78 is 1.17. The first-order chi connectivity index (χ1) is 7.54. The Labute approximate surface area is 110 Å². The molecule has 0 aliphatic rings. The van der Waals surface area contributed by atoms with E-state index < -0.39 is 0 Å². The lowest BCUT2D eigenvalue weighted by Gasteiger charge is -2.28. The van der Waals surface area contributed by atoms with Crippen LogP contribution < -0.4 is 5.73 Å². The second-order valence-electron chi connectivity index (χ2n) is 4.06. The molecule has 0 radical (unpaired) electrons. The maximum absolute atomic E-state index is 5.64. The van der Waals surface area contributed by atoms with Gasteiger partial charge < -0.3 is 10.6 Å². The van der Waals surface area contributed by atoms with Crippen LogP contribution in [0.3, 0.4) is 0 Å².